The van der Waals surface area contributed by atoms with E-state index in [0.29, 0.717) is 22.5 Å². The Balaban J connectivity index is 1.60. The number of carbonyl (C=O) groups excluding carboxylic acids is 2. The molecule has 1 aliphatic rings. The zero-order valence-corrected chi connectivity index (χ0v) is 18.9. The predicted molar refractivity (Wildman–Crippen MR) is 119 cm³/mol. The lowest BCUT2D eigenvalue weighted by Crippen LogP contribution is -2.35. The second-order valence-electron chi connectivity index (χ2n) is 6.53. The number of ether oxygens (including phenoxy) is 2. The Labute approximate surface area is 190 Å². The van der Waals surface area contributed by atoms with Crippen molar-refractivity contribution in [3.63, 3.8) is 0 Å². The molecule has 1 aliphatic heterocycles. The summed E-state index contributed by atoms with van der Waals surface area (Å²) >= 11 is 3.61. The van der Waals surface area contributed by atoms with Gasteiger partial charge in [-0.15, -0.1) is 0 Å². The fraction of sp³-hybridized carbons (Fsp3) is 0.150. The van der Waals surface area contributed by atoms with Crippen LogP contribution in [0.5, 0.6) is 11.5 Å². The summed E-state index contributed by atoms with van der Waals surface area (Å²) in [7, 11) is 1.75. The van der Waals surface area contributed by atoms with Gasteiger partial charge in [0, 0.05) is 8.47 Å². The standard InChI is InChI=1S/C20H17IN4O4S/c1-25-19(23-16(26)7-11-5-3-2-4-6-11)17(18(22)27)24-20(25)30-15-9-14-13(8-12(15)21)28-10-29-14/h2-6,8-9H,7,10H2,1H3,(H3,22,23,26,27)/p+1. The molecule has 2 amide bonds. The van der Waals surface area contributed by atoms with Crippen LogP contribution in [0.25, 0.3) is 0 Å². The van der Waals surface area contributed by atoms with E-state index in [0.717, 1.165) is 14.0 Å². The number of primary amides is 1. The minimum absolute atomic E-state index is 0.136. The van der Waals surface area contributed by atoms with Crippen LogP contribution in [0.4, 0.5) is 5.82 Å². The number of halogens is 1. The summed E-state index contributed by atoms with van der Waals surface area (Å²) in [4.78, 5) is 28.4. The van der Waals surface area contributed by atoms with Crippen molar-refractivity contribution in [2.75, 3.05) is 12.1 Å². The lowest BCUT2D eigenvalue weighted by molar-refractivity contribution is -0.694. The zero-order valence-electron chi connectivity index (χ0n) is 15.9. The van der Waals surface area contributed by atoms with Crippen LogP contribution >= 0.6 is 34.4 Å². The van der Waals surface area contributed by atoms with E-state index < -0.39 is 5.91 Å². The van der Waals surface area contributed by atoms with Crippen molar-refractivity contribution in [2.45, 2.75) is 16.5 Å². The molecule has 0 unspecified atom stereocenters. The van der Waals surface area contributed by atoms with E-state index in [9.17, 15) is 9.59 Å². The molecule has 0 saturated carbocycles. The normalized spacial score (nSPS) is 12.1. The van der Waals surface area contributed by atoms with Gasteiger partial charge in [-0.25, -0.2) is 9.88 Å². The van der Waals surface area contributed by atoms with Gasteiger partial charge in [-0.1, -0.05) is 30.3 Å². The largest absolute Gasteiger partial charge is 0.454 e. The number of anilines is 1. The quantitative estimate of drug-likeness (QED) is 0.331. The van der Waals surface area contributed by atoms with Gasteiger partial charge in [0.15, 0.2) is 11.5 Å². The molecule has 0 bridgehead atoms. The fourth-order valence-electron chi connectivity index (χ4n) is 2.98. The Morgan fingerprint density at radius 1 is 1.23 bits per heavy atom. The molecule has 0 fully saturated rings. The van der Waals surface area contributed by atoms with Gasteiger partial charge in [-0.2, -0.15) is 0 Å². The van der Waals surface area contributed by atoms with E-state index in [-0.39, 0.29) is 24.8 Å². The van der Waals surface area contributed by atoms with Gasteiger partial charge in [0.25, 0.3) is 22.8 Å². The van der Waals surface area contributed by atoms with Crippen LogP contribution in [0.15, 0.2) is 52.5 Å². The maximum absolute atomic E-state index is 12.5. The average Bonchev–Trinajstić information content (AvgIpc) is 3.28. The molecule has 3 aromatic rings. The smallest absolute Gasteiger partial charge is 0.287 e. The van der Waals surface area contributed by atoms with Crippen molar-refractivity contribution in [3.05, 3.63) is 57.3 Å². The maximum atomic E-state index is 12.5. The highest BCUT2D eigenvalue weighted by molar-refractivity contribution is 14.1. The third kappa shape index (κ3) is 4.24. The number of hydrogen-bond acceptors (Lipinski definition) is 5. The topological polar surface area (TPSA) is 110 Å². The highest BCUT2D eigenvalue weighted by Crippen LogP contribution is 2.40. The SMILES string of the molecule is C[n+]1c(Sc2cc3c(cc2I)OCO3)[nH]c(C(N)=O)c1NC(=O)Cc1ccccc1. The number of aromatic nitrogens is 2. The molecule has 0 aliphatic carbocycles. The summed E-state index contributed by atoms with van der Waals surface area (Å²) in [5.74, 6) is 0.784. The first kappa shape index (κ1) is 20.5. The molecule has 1 aromatic heterocycles. The first-order valence-electron chi connectivity index (χ1n) is 8.95. The van der Waals surface area contributed by atoms with Crippen LogP contribution in [-0.2, 0) is 18.3 Å². The Morgan fingerprint density at radius 3 is 2.63 bits per heavy atom. The van der Waals surface area contributed by atoms with Crippen molar-refractivity contribution in [1.82, 2.24) is 4.98 Å². The molecule has 2 heterocycles. The number of H-pyrrole nitrogens is 1. The first-order valence-corrected chi connectivity index (χ1v) is 10.8. The summed E-state index contributed by atoms with van der Waals surface area (Å²) in [6.45, 7) is 0.194. The van der Waals surface area contributed by atoms with E-state index in [1.165, 1.54) is 11.8 Å². The number of amides is 2. The minimum atomic E-state index is -0.659. The minimum Gasteiger partial charge on any atom is -0.454 e. The number of carbonyl (C=O) groups is 2. The molecule has 10 heteroatoms. The molecule has 4 N–H and O–H groups in total. The number of nitrogens with zero attached hydrogens (tertiary/aromatic N) is 1. The molecule has 154 valence electrons. The van der Waals surface area contributed by atoms with Gasteiger partial charge in [0.05, 0.1) is 13.5 Å². The Kier molecular flexibility index (Phi) is 5.86. The maximum Gasteiger partial charge on any atom is 0.287 e. The third-order valence-corrected chi connectivity index (χ3v) is 6.84. The Bertz CT molecular complexity index is 1130. The highest BCUT2D eigenvalue weighted by atomic mass is 127. The lowest BCUT2D eigenvalue weighted by atomic mass is 10.1. The number of nitrogens with one attached hydrogen (secondary N) is 2. The van der Waals surface area contributed by atoms with E-state index in [2.05, 4.69) is 32.9 Å². The molecule has 4 rings (SSSR count). The molecule has 0 saturated heterocycles. The monoisotopic (exact) mass is 537 g/mol. The Hall–Kier alpha value is -2.73. The summed E-state index contributed by atoms with van der Waals surface area (Å²) < 4.78 is 13.5. The van der Waals surface area contributed by atoms with Gasteiger partial charge in [-0.3, -0.25) is 14.6 Å². The van der Waals surface area contributed by atoms with E-state index in [4.69, 9.17) is 15.2 Å². The van der Waals surface area contributed by atoms with Crippen LogP contribution in [0, 0.1) is 3.57 Å². The van der Waals surface area contributed by atoms with Gasteiger partial charge in [0.2, 0.25) is 12.5 Å². The Morgan fingerprint density at radius 2 is 1.93 bits per heavy atom. The third-order valence-electron chi connectivity index (χ3n) is 4.45. The zero-order chi connectivity index (χ0) is 21.3. The molecule has 0 radical (unpaired) electrons. The summed E-state index contributed by atoms with van der Waals surface area (Å²) in [5.41, 5.74) is 6.55. The average molecular weight is 537 g/mol. The number of nitrogens with two attached hydrogens (primary N) is 1. The molecule has 0 spiro atoms. The van der Waals surface area contributed by atoms with E-state index in [1.807, 2.05) is 42.5 Å². The van der Waals surface area contributed by atoms with Crippen molar-refractivity contribution in [2.24, 2.45) is 12.8 Å². The summed E-state index contributed by atoms with van der Waals surface area (Å²) in [6, 6.07) is 13.1. The van der Waals surface area contributed by atoms with Gasteiger partial charge < -0.3 is 15.2 Å². The highest BCUT2D eigenvalue weighted by Gasteiger charge is 2.28. The van der Waals surface area contributed by atoms with Crippen LogP contribution in [0.2, 0.25) is 0 Å². The molecule has 30 heavy (non-hydrogen) atoms. The number of aromatic amines is 1. The lowest BCUT2D eigenvalue weighted by Gasteiger charge is -2.05. The number of rotatable bonds is 6. The summed E-state index contributed by atoms with van der Waals surface area (Å²) in [6.07, 6.45) is 0.187. The number of hydrogen-bond donors (Lipinski definition) is 3. The van der Waals surface area contributed by atoms with Crippen LogP contribution in [0.3, 0.4) is 0 Å². The van der Waals surface area contributed by atoms with Crippen molar-refractivity contribution in [3.8, 4) is 11.5 Å². The van der Waals surface area contributed by atoms with E-state index in [1.54, 1.807) is 11.6 Å². The first-order chi connectivity index (χ1) is 14.4. The molecule has 2 aromatic carbocycles. The number of fused-ring (bicyclic) bond motifs is 1. The second-order valence-corrected chi connectivity index (χ2v) is 8.72. The van der Waals surface area contributed by atoms with Crippen molar-refractivity contribution >= 4 is 52.0 Å². The fourth-order valence-corrected chi connectivity index (χ4v) is 4.66. The van der Waals surface area contributed by atoms with Crippen molar-refractivity contribution < 1.29 is 23.6 Å². The van der Waals surface area contributed by atoms with Crippen LogP contribution in [-0.4, -0.2) is 23.6 Å². The number of benzene rings is 2. The van der Waals surface area contributed by atoms with Crippen LogP contribution in [0.1, 0.15) is 16.1 Å². The van der Waals surface area contributed by atoms with Gasteiger partial charge in [0.1, 0.15) is 0 Å². The van der Waals surface area contributed by atoms with E-state index >= 15 is 0 Å². The molecule has 8 nitrogen and oxygen atoms in total. The summed E-state index contributed by atoms with van der Waals surface area (Å²) in [5, 5.41) is 3.44. The van der Waals surface area contributed by atoms with Crippen LogP contribution < -0.4 is 25.1 Å². The van der Waals surface area contributed by atoms with Gasteiger partial charge >= 0.3 is 0 Å². The second kappa shape index (κ2) is 8.56. The molecular formula is C20H18IN4O4S+. The van der Waals surface area contributed by atoms with Crippen molar-refractivity contribution in [1.29, 1.82) is 0 Å². The molecular weight excluding hydrogens is 519 g/mol. The number of imidazole rings is 1. The van der Waals surface area contributed by atoms with Gasteiger partial charge in [-0.05, 0) is 52.0 Å². The predicted octanol–water partition coefficient (Wildman–Crippen LogP) is 2.60. The molecule has 0 atom stereocenters.